The monoisotopic (exact) mass is 525 g/mol. The number of carbonyl (C=O) groups excluding carboxylic acids is 2. The summed E-state index contributed by atoms with van der Waals surface area (Å²) in [5.74, 6) is -0.0499. The van der Waals surface area contributed by atoms with Gasteiger partial charge in [0.1, 0.15) is 11.6 Å². The van der Waals surface area contributed by atoms with Crippen LogP contribution < -0.4 is 10.6 Å². The lowest BCUT2D eigenvalue weighted by Crippen LogP contribution is -2.48. The van der Waals surface area contributed by atoms with E-state index in [1.54, 1.807) is 20.8 Å². The molecule has 0 unspecified atom stereocenters. The first-order valence-electron chi connectivity index (χ1n) is 11.9. The number of amides is 2. The van der Waals surface area contributed by atoms with E-state index < -0.39 is 17.7 Å². The predicted octanol–water partition coefficient (Wildman–Crippen LogP) is 6.82. The van der Waals surface area contributed by atoms with Crippen molar-refractivity contribution in [2.75, 3.05) is 6.54 Å². The zero-order valence-electron chi connectivity index (χ0n) is 21.8. The maximum Gasteiger partial charge on any atom is 0.408 e. The quantitative estimate of drug-likeness (QED) is 0.157. The zero-order chi connectivity index (χ0) is 25.4. The average Bonchev–Trinajstić information content (AvgIpc) is 2.70. The Labute approximate surface area is 209 Å². The summed E-state index contributed by atoms with van der Waals surface area (Å²) in [6.45, 7) is 16.1. The number of aliphatic imine (C=N–C) groups is 1. The molecule has 0 bridgehead atoms. The van der Waals surface area contributed by atoms with Gasteiger partial charge in [-0.05, 0) is 53.0 Å². The molecule has 0 spiro atoms. The van der Waals surface area contributed by atoms with Crippen LogP contribution >= 0.6 is 15.9 Å². The average molecular weight is 527 g/mol. The second-order valence-electron chi connectivity index (χ2n) is 9.26. The lowest BCUT2D eigenvalue weighted by Gasteiger charge is -2.23. The molecule has 0 radical (unpaired) electrons. The molecule has 0 rings (SSSR count). The first-order valence-corrected chi connectivity index (χ1v) is 12.7. The number of unbranched alkanes of at least 4 members (excludes halogenated alkanes) is 3. The number of allylic oxidation sites excluding steroid dienone is 5. The Morgan fingerprint density at radius 1 is 1.12 bits per heavy atom. The molecule has 6 nitrogen and oxygen atoms in total. The van der Waals surface area contributed by atoms with Gasteiger partial charge in [-0.25, -0.2) is 4.79 Å². The van der Waals surface area contributed by atoms with Crippen LogP contribution in [-0.2, 0) is 9.53 Å². The van der Waals surface area contributed by atoms with Crippen LogP contribution in [0.15, 0.2) is 39.5 Å². The molecular formula is C26H44BrN3O3. The topological polar surface area (TPSA) is 79.8 Å². The van der Waals surface area contributed by atoms with Gasteiger partial charge in [0.2, 0.25) is 5.91 Å². The van der Waals surface area contributed by atoms with Crippen LogP contribution in [0.5, 0.6) is 0 Å². The number of nitrogens with one attached hydrogen (secondary N) is 2. The summed E-state index contributed by atoms with van der Waals surface area (Å²) in [7, 11) is 0. The molecule has 0 aromatic heterocycles. The number of nitrogens with zero attached hydrogens (tertiary/aromatic N) is 1. The minimum Gasteiger partial charge on any atom is -0.444 e. The van der Waals surface area contributed by atoms with Crippen molar-refractivity contribution >= 4 is 33.6 Å². The van der Waals surface area contributed by atoms with Gasteiger partial charge >= 0.3 is 6.09 Å². The van der Waals surface area contributed by atoms with Gasteiger partial charge in [-0.2, -0.15) is 0 Å². The Morgan fingerprint density at radius 3 is 2.30 bits per heavy atom. The first kappa shape index (κ1) is 31.1. The fraction of sp³-hybridized carbons (Fsp3) is 0.654. The van der Waals surface area contributed by atoms with E-state index in [2.05, 4.69) is 47.3 Å². The minimum absolute atomic E-state index is 0.183. The number of halogens is 1. The van der Waals surface area contributed by atoms with Gasteiger partial charge in [0.25, 0.3) is 0 Å². The molecule has 7 heteroatoms. The maximum absolute atomic E-state index is 12.9. The third kappa shape index (κ3) is 15.6. The van der Waals surface area contributed by atoms with E-state index in [4.69, 9.17) is 9.73 Å². The SMILES string of the molecule is C\C=C/C(Br)=C\C(=N\C(=C/C)C[C@H](NC(=O)OC(C)(C)C)C(=O)NCCCCCC)C(C)C. The summed E-state index contributed by atoms with van der Waals surface area (Å²) >= 11 is 3.54. The van der Waals surface area contributed by atoms with Gasteiger partial charge in [0.05, 0.1) is 0 Å². The van der Waals surface area contributed by atoms with Crippen LogP contribution in [0.4, 0.5) is 4.79 Å². The van der Waals surface area contributed by atoms with Gasteiger partial charge < -0.3 is 15.4 Å². The Bertz CT molecular complexity index is 732. The van der Waals surface area contributed by atoms with Crippen LogP contribution in [0, 0.1) is 5.92 Å². The van der Waals surface area contributed by atoms with E-state index in [0.717, 1.165) is 41.6 Å². The van der Waals surface area contributed by atoms with E-state index in [0.29, 0.717) is 6.54 Å². The van der Waals surface area contributed by atoms with E-state index in [1.807, 2.05) is 38.2 Å². The molecule has 2 amide bonds. The molecule has 1 atom stereocenters. The second kappa shape index (κ2) is 16.7. The molecule has 2 N–H and O–H groups in total. The molecule has 33 heavy (non-hydrogen) atoms. The van der Waals surface area contributed by atoms with Crippen molar-refractivity contribution in [2.24, 2.45) is 10.9 Å². The van der Waals surface area contributed by atoms with Crippen molar-refractivity contribution < 1.29 is 14.3 Å². The molecular weight excluding hydrogens is 482 g/mol. The van der Waals surface area contributed by atoms with Crippen molar-refractivity contribution in [1.82, 2.24) is 10.6 Å². The van der Waals surface area contributed by atoms with Crippen molar-refractivity contribution in [1.29, 1.82) is 0 Å². The first-order chi connectivity index (χ1) is 15.4. The third-order valence-electron chi connectivity index (χ3n) is 4.56. The number of ether oxygens (including phenoxy) is 1. The van der Waals surface area contributed by atoms with Crippen LogP contribution in [-0.4, -0.2) is 35.9 Å². The summed E-state index contributed by atoms with van der Waals surface area (Å²) in [6, 6.07) is -0.780. The highest BCUT2D eigenvalue weighted by molar-refractivity contribution is 9.11. The Morgan fingerprint density at radius 2 is 1.79 bits per heavy atom. The standard InChI is InChI=1S/C26H44BrN3O3/c1-9-12-13-14-16-28-24(31)23(30-25(32)33-26(6,7)8)18-21(11-3)29-22(19(4)5)17-20(27)15-10-2/h10-11,15,17,19,23H,9,12-14,16,18H2,1-8H3,(H,28,31)(H,30,32)/b15-10-,20-17+,21-11-,29-22-/t23-/m0/s1. The molecule has 0 aliphatic heterocycles. The molecule has 0 aliphatic carbocycles. The van der Waals surface area contributed by atoms with Crippen molar-refractivity contribution in [3.63, 3.8) is 0 Å². The number of carbonyl (C=O) groups is 2. The normalized spacial score (nSPS) is 14.5. The van der Waals surface area contributed by atoms with Crippen molar-refractivity contribution in [3.05, 3.63) is 34.5 Å². The summed E-state index contributed by atoms with van der Waals surface area (Å²) in [4.78, 5) is 30.1. The number of rotatable bonds is 13. The number of alkyl carbamates (subject to hydrolysis) is 1. The van der Waals surface area contributed by atoms with Gasteiger partial charge in [0, 0.05) is 28.9 Å². The lowest BCUT2D eigenvalue weighted by molar-refractivity contribution is -0.123. The van der Waals surface area contributed by atoms with Crippen molar-refractivity contribution in [3.8, 4) is 0 Å². The van der Waals surface area contributed by atoms with Crippen LogP contribution in [0.3, 0.4) is 0 Å². The van der Waals surface area contributed by atoms with E-state index >= 15 is 0 Å². The number of hydrogen-bond donors (Lipinski definition) is 2. The Hall–Kier alpha value is -1.89. The highest BCUT2D eigenvalue weighted by Crippen LogP contribution is 2.16. The second-order valence-corrected chi connectivity index (χ2v) is 10.2. The lowest BCUT2D eigenvalue weighted by atomic mass is 10.1. The fourth-order valence-corrected chi connectivity index (χ4v) is 3.32. The van der Waals surface area contributed by atoms with Crippen LogP contribution in [0.2, 0.25) is 0 Å². The van der Waals surface area contributed by atoms with Gasteiger partial charge in [-0.3, -0.25) is 9.79 Å². The molecule has 0 heterocycles. The zero-order valence-corrected chi connectivity index (χ0v) is 23.3. The predicted molar refractivity (Wildman–Crippen MR) is 143 cm³/mol. The minimum atomic E-state index is -0.780. The molecule has 0 saturated carbocycles. The molecule has 0 aromatic rings. The third-order valence-corrected chi connectivity index (χ3v) is 5.05. The fourth-order valence-electron chi connectivity index (χ4n) is 2.83. The summed E-state index contributed by atoms with van der Waals surface area (Å²) in [5.41, 5.74) is 0.948. The molecule has 0 fully saturated rings. The summed E-state index contributed by atoms with van der Waals surface area (Å²) in [5, 5.41) is 5.69. The highest BCUT2D eigenvalue weighted by atomic mass is 79.9. The molecule has 0 aromatic carbocycles. The Balaban J connectivity index is 5.63. The molecule has 0 saturated heterocycles. The number of hydrogen-bond acceptors (Lipinski definition) is 4. The Kier molecular flexibility index (Phi) is 15.7. The molecule has 188 valence electrons. The van der Waals surface area contributed by atoms with E-state index in [1.165, 1.54) is 0 Å². The van der Waals surface area contributed by atoms with Crippen LogP contribution in [0.25, 0.3) is 0 Å². The smallest absolute Gasteiger partial charge is 0.408 e. The maximum atomic E-state index is 12.9. The van der Waals surface area contributed by atoms with Gasteiger partial charge in [-0.15, -0.1) is 0 Å². The largest absolute Gasteiger partial charge is 0.444 e. The van der Waals surface area contributed by atoms with E-state index in [-0.39, 0.29) is 18.2 Å². The highest BCUT2D eigenvalue weighted by Gasteiger charge is 2.25. The summed E-state index contributed by atoms with van der Waals surface area (Å²) < 4.78 is 6.30. The van der Waals surface area contributed by atoms with Crippen molar-refractivity contribution in [2.45, 2.75) is 99.1 Å². The summed E-state index contributed by atoms with van der Waals surface area (Å²) in [6.07, 6.45) is 11.6. The van der Waals surface area contributed by atoms with E-state index in [9.17, 15) is 9.59 Å². The van der Waals surface area contributed by atoms with Crippen LogP contribution in [0.1, 0.15) is 87.5 Å². The van der Waals surface area contributed by atoms with Gasteiger partial charge in [-0.1, -0.05) is 74.2 Å². The molecule has 0 aliphatic rings. The van der Waals surface area contributed by atoms with Gasteiger partial charge in [0.15, 0.2) is 0 Å².